The number of alkyl carbamates (subject to hydrolysis) is 1. The monoisotopic (exact) mass is 324 g/mol. The van der Waals surface area contributed by atoms with Crippen LogP contribution in [0.2, 0.25) is 0 Å². The number of aliphatic carboxylic acids is 1. The molecule has 0 fully saturated rings. The fourth-order valence-electron chi connectivity index (χ4n) is 1.62. The maximum absolute atomic E-state index is 11.7. The van der Waals surface area contributed by atoms with Gasteiger partial charge >= 0.3 is 12.1 Å². The SMILES string of the molecule is CC(C)(C)OC(=O)NC(C(=O)O)c1ccc(OCC(N)=O)cc1. The third-order valence-electron chi connectivity index (χ3n) is 2.50. The van der Waals surface area contributed by atoms with Crippen LogP contribution in [0.5, 0.6) is 5.75 Å². The molecule has 0 aromatic heterocycles. The smallest absolute Gasteiger partial charge is 0.408 e. The Morgan fingerprint density at radius 2 is 1.78 bits per heavy atom. The first-order valence-electron chi connectivity index (χ1n) is 6.82. The molecular weight excluding hydrogens is 304 g/mol. The highest BCUT2D eigenvalue weighted by Crippen LogP contribution is 2.19. The predicted molar refractivity (Wildman–Crippen MR) is 80.9 cm³/mol. The van der Waals surface area contributed by atoms with Gasteiger partial charge in [-0.1, -0.05) is 12.1 Å². The molecule has 8 heteroatoms. The normalized spacial score (nSPS) is 12.1. The maximum Gasteiger partial charge on any atom is 0.408 e. The molecule has 0 aliphatic heterocycles. The molecule has 0 bridgehead atoms. The quantitative estimate of drug-likeness (QED) is 0.721. The van der Waals surface area contributed by atoms with E-state index in [0.717, 1.165) is 0 Å². The first-order chi connectivity index (χ1) is 10.6. The van der Waals surface area contributed by atoms with Crippen LogP contribution in [0.4, 0.5) is 4.79 Å². The van der Waals surface area contributed by atoms with Crippen LogP contribution in [0.3, 0.4) is 0 Å². The van der Waals surface area contributed by atoms with Crippen molar-refractivity contribution in [2.75, 3.05) is 6.61 Å². The summed E-state index contributed by atoms with van der Waals surface area (Å²) in [6, 6.07) is 4.62. The number of carboxylic acids is 1. The molecule has 0 heterocycles. The Kier molecular flexibility index (Phi) is 5.94. The lowest BCUT2D eigenvalue weighted by atomic mass is 10.1. The van der Waals surface area contributed by atoms with E-state index in [1.54, 1.807) is 20.8 Å². The number of benzene rings is 1. The highest BCUT2D eigenvalue weighted by molar-refractivity contribution is 5.81. The Morgan fingerprint density at radius 3 is 2.22 bits per heavy atom. The van der Waals surface area contributed by atoms with Crippen LogP contribution < -0.4 is 15.8 Å². The van der Waals surface area contributed by atoms with Crippen LogP contribution >= 0.6 is 0 Å². The summed E-state index contributed by atoms with van der Waals surface area (Å²) in [5.74, 6) is -1.50. The van der Waals surface area contributed by atoms with Crippen molar-refractivity contribution in [3.8, 4) is 5.75 Å². The number of amides is 2. The van der Waals surface area contributed by atoms with Crippen LogP contribution in [-0.2, 0) is 14.3 Å². The average Bonchev–Trinajstić information content (AvgIpc) is 2.41. The molecule has 0 aliphatic carbocycles. The summed E-state index contributed by atoms with van der Waals surface area (Å²) in [5, 5.41) is 11.5. The second-order valence-corrected chi connectivity index (χ2v) is 5.74. The number of hydrogen-bond acceptors (Lipinski definition) is 5. The fraction of sp³-hybridized carbons (Fsp3) is 0.400. The Balaban J connectivity index is 2.79. The lowest BCUT2D eigenvalue weighted by Gasteiger charge is -2.22. The van der Waals surface area contributed by atoms with Crippen LogP contribution in [0.25, 0.3) is 0 Å². The Labute approximate surface area is 133 Å². The van der Waals surface area contributed by atoms with Crippen molar-refractivity contribution >= 4 is 18.0 Å². The van der Waals surface area contributed by atoms with Crippen LogP contribution in [0, 0.1) is 0 Å². The molecule has 8 nitrogen and oxygen atoms in total. The second kappa shape index (κ2) is 7.48. The summed E-state index contributed by atoms with van der Waals surface area (Å²) in [5.41, 5.74) is 4.55. The average molecular weight is 324 g/mol. The molecule has 4 N–H and O–H groups in total. The van der Waals surface area contributed by atoms with E-state index in [9.17, 15) is 19.5 Å². The van der Waals surface area contributed by atoms with Gasteiger partial charge in [0.1, 0.15) is 11.4 Å². The largest absolute Gasteiger partial charge is 0.484 e. The van der Waals surface area contributed by atoms with Crippen LogP contribution in [0.1, 0.15) is 32.4 Å². The molecule has 126 valence electrons. The highest BCUT2D eigenvalue weighted by atomic mass is 16.6. The zero-order valence-corrected chi connectivity index (χ0v) is 13.2. The molecule has 0 radical (unpaired) electrons. The molecular formula is C15H20N2O6. The number of carbonyl (C=O) groups excluding carboxylic acids is 2. The van der Waals surface area contributed by atoms with Gasteiger partial charge in [-0.25, -0.2) is 9.59 Å². The summed E-state index contributed by atoms with van der Waals surface area (Å²) < 4.78 is 10.1. The van der Waals surface area contributed by atoms with E-state index in [-0.39, 0.29) is 6.61 Å². The van der Waals surface area contributed by atoms with E-state index in [0.29, 0.717) is 11.3 Å². The van der Waals surface area contributed by atoms with Gasteiger partial charge in [-0.05, 0) is 38.5 Å². The van der Waals surface area contributed by atoms with Crippen molar-refractivity contribution in [1.29, 1.82) is 0 Å². The van der Waals surface area contributed by atoms with Gasteiger partial charge in [-0.3, -0.25) is 4.79 Å². The topological polar surface area (TPSA) is 128 Å². The molecule has 1 rings (SSSR count). The van der Waals surface area contributed by atoms with Crippen molar-refractivity contribution in [2.45, 2.75) is 32.4 Å². The van der Waals surface area contributed by atoms with Gasteiger partial charge in [0.15, 0.2) is 12.6 Å². The fourth-order valence-corrected chi connectivity index (χ4v) is 1.62. The zero-order chi connectivity index (χ0) is 17.6. The van der Waals surface area contributed by atoms with E-state index in [2.05, 4.69) is 5.32 Å². The number of primary amides is 1. The number of hydrogen-bond donors (Lipinski definition) is 3. The summed E-state index contributed by atoms with van der Waals surface area (Å²) in [4.78, 5) is 33.7. The summed E-state index contributed by atoms with van der Waals surface area (Å²) >= 11 is 0. The van der Waals surface area contributed by atoms with Gasteiger partial charge in [0.05, 0.1) is 0 Å². The molecule has 1 aromatic carbocycles. The Morgan fingerprint density at radius 1 is 1.22 bits per heavy atom. The number of nitrogens with one attached hydrogen (secondary N) is 1. The first kappa shape index (κ1) is 18.3. The van der Waals surface area contributed by atoms with Gasteiger partial charge in [0.2, 0.25) is 0 Å². The molecule has 23 heavy (non-hydrogen) atoms. The first-order valence-corrected chi connectivity index (χ1v) is 6.82. The molecule has 0 saturated carbocycles. The van der Waals surface area contributed by atoms with Gasteiger partial charge in [0.25, 0.3) is 5.91 Å². The van der Waals surface area contributed by atoms with Crippen LogP contribution in [0.15, 0.2) is 24.3 Å². The summed E-state index contributed by atoms with van der Waals surface area (Å²) in [6.07, 6.45) is -0.834. The second-order valence-electron chi connectivity index (χ2n) is 5.74. The van der Waals surface area contributed by atoms with Crippen molar-refractivity contribution in [3.63, 3.8) is 0 Å². The van der Waals surface area contributed by atoms with E-state index in [4.69, 9.17) is 15.2 Å². The minimum Gasteiger partial charge on any atom is -0.484 e. The molecule has 0 saturated heterocycles. The zero-order valence-electron chi connectivity index (χ0n) is 13.2. The molecule has 1 atom stereocenters. The molecule has 0 aliphatic rings. The number of rotatable bonds is 6. The third-order valence-corrected chi connectivity index (χ3v) is 2.50. The Hall–Kier alpha value is -2.77. The van der Waals surface area contributed by atoms with E-state index < -0.39 is 29.6 Å². The number of carboxylic acid groups (broad SMARTS) is 1. The van der Waals surface area contributed by atoms with E-state index in [1.165, 1.54) is 24.3 Å². The number of carbonyl (C=O) groups is 3. The molecule has 2 amide bonds. The van der Waals surface area contributed by atoms with Crippen molar-refractivity contribution in [2.24, 2.45) is 5.73 Å². The van der Waals surface area contributed by atoms with Crippen LogP contribution in [-0.4, -0.2) is 35.3 Å². The van der Waals surface area contributed by atoms with Crippen molar-refractivity contribution < 1.29 is 29.0 Å². The predicted octanol–water partition coefficient (Wildman–Crippen LogP) is 1.20. The highest BCUT2D eigenvalue weighted by Gasteiger charge is 2.25. The number of ether oxygens (including phenoxy) is 2. The minimum absolute atomic E-state index is 0.280. The molecule has 0 spiro atoms. The Bertz CT molecular complexity index is 577. The van der Waals surface area contributed by atoms with Gasteiger partial charge in [-0.2, -0.15) is 0 Å². The molecule has 1 aromatic rings. The standard InChI is InChI=1S/C15H20N2O6/c1-15(2,3)23-14(21)17-12(13(19)20)9-4-6-10(7-5-9)22-8-11(16)18/h4-7,12H,8H2,1-3H3,(H2,16,18)(H,17,21)(H,19,20). The number of nitrogens with two attached hydrogens (primary N) is 1. The summed E-state index contributed by atoms with van der Waals surface area (Å²) in [6.45, 7) is 4.74. The maximum atomic E-state index is 11.7. The minimum atomic E-state index is -1.27. The third kappa shape index (κ3) is 6.68. The van der Waals surface area contributed by atoms with E-state index in [1.807, 2.05) is 0 Å². The van der Waals surface area contributed by atoms with Gasteiger partial charge in [-0.15, -0.1) is 0 Å². The van der Waals surface area contributed by atoms with Crippen molar-refractivity contribution in [1.82, 2.24) is 5.32 Å². The van der Waals surface area contributed by atoms with Gasteiger partial charge in [0, 0.05) is 0 Å². The van der Waals surface area contributed by atoms with Gasteiger partial charge < -0.3 is 25.6 Å². The van der Waals surface area contributed by atoms with E-state index >= 15 is 0 Å². The molecule has 1 unspecified atom stereocenters. The lowest BCUT2D eigenvalue weighted by molar-refractivity contribution is -0.139. The van der Waals surface area contributed by atoms with Crippen molar-refractivity contribution in [3.05, 3.63) is 29.8 Å². The summed E-state index contributed by atoms with van der Waals surface area (Å²) in [7, 11) is 0. The lowest BCUT2D eigenvalue weighted by Crippen LogP contribution is -2.38.